The monoisotopic (exact) mass is 257 g/mol. The van der Waals surface area contributed by atoms with E-state index in [0.717, 1.165) is 25.5 Å². The molecule has 110 valence electrons. The molecule has 0 rings (SSSR count). The molecular formula is C16H35NO. The van der Waals surface area contributed by atoms with Gasteiger partial charge in [0.2, 0.25) is 0 Å². The Morgan fingerprint density at radius 2 is 1.78 bits per heavy atom. The molecule has 0 saturated heterocycles. The Morgan fingerprint density at radius 3 is 2.22 bits per heavy atom. The van der Waals surface area contributed by atoms with Crippen molar-refractivity contribution in [2.75, 3.05) is 20.3 Å². The highest BCUT2D eigenvalue weighted by atomic mass is 16.5. The van der Waals surface area contributed by atoms with Crippen LogP contribution in [-0.2, 0) is 4.74 Å². The number of methoxy groups -OCH3 is 1. The molecule has 0 aliphatic heterocycles. The minimum atomic E-state index is 0.436. The van der Waals surface area contributed by atoms with Crippen molar-refractivity contribution in [2.45, 2.75) is 66.8 Å². The predicted molar refractivity (Wildman–Crippen MR) is 81.0 cm³/mol. The van der Waals surface area contributed by atoms with Crippen LogP contribution in [-0.4, -0.2) is 26.3 Å². The Labute approximate surface area is 115 Å². The molecule has 0 bridgehead atoms. The summed E-state index contributed by atoms with van der Waals surface area (Å²) < 4.78 is 5.20. The van der Waals surface area contributed by atoms with Crippen LogP contribution in [0.1, 0.15) is 60.8 Å². The van der Waals surface area contributed by atoms with Crippen molar-refractivity contribution in [3.05, 3.63) is 0 Å². The summed E-state index contributed by atoms with van der Waals surface area (Å²) >= 11 is 0. The van der Waals surface area contributed by atoms with E-state index in [1.165, 1.54) is 12.8 Å². The molecule has 0 fully saturated rings. The molecule has 0 aliphatic carbocycles. The number of nitrogens with one attached hydrogen (secondary N) is 1. The Morgan fingerprint density at radius 1 is 1.17 bits per heavy atom. The van der Waals surface area contributed by atoms with Gasteiger partial charge in [0.25, 0.3) is 0 Å². The number of hydrogen-bond acceptors (Lipinski definition) is 2. The van der Waals surface area contributed by atoms with Gasteiger partial charge in [-0.05, 0) is 43.1 Å². The lowest BCUT2D eigenvalue weighted by molar-refractivity contribution is 0.162. The molecule has 18 heavy (non-hydrogen) atoms. The molecule has 2 heteroatoms. The third kappa shape index (κ3) is 8.93. The van der Waals surface area contributed by atoms with Gasteiger partial charge in [-0.2, -0.15) is 0 Å². The van der Waals surface area contributed by atoms with E-state index >= 15 is 0 Å². The Kier molecular flexibility index (Phi) is 8.89. The summed E-state index contributed by atoms with van der Waals surface area (Å²) in [5.74, 6) is 1.46. The Hall–Kier alpha value is -0.0800. The van der Waals surface area contributed by atoms with Gasteiger partial charge in [-0.15, -0.1) is 0 Å². The Bertz CT molecular complexity index is 198. The van der Waals surface area contributed by atoms with E-state index in [1.807, 2.05) is 0 Å². The molecule has 0 spiro atoms. The smallest absolute Gasteiger partial charge is 0.0465 e. The molecule has 0 aromatic rings. The summed E-state index contributed by atoms with van der Waals surface area (Å²) in [5.41, 5.74) is 0.436. The van der Waals surface area contributed by atoms with Gasteiger partial charge < -0.3 is 10.1 Å². The van der Waals surface area contributed by atoms with Gasteiger partial charge in [-0.25, -0.2) is 0 Å². The molecule has 2 nitrogen and oxygen atoms in total. The van der Waals surface area contributed by atoms with Crippen LogP contribution in [0.15, 0.2) is 0 Å². The first kappa shape index (κ1) is 17.9. The highest BCUT2D eigenvalue weighted by Gasteiger charge is 2.22. The zero-order valence-corrected chi connectivity index (χ0v) is 13.7. The minimum absolute atomic E-state index is 0.436. The highest BCUT2D eigenvalue weighted by molar-refractivity contribution is 4.77. The summed E-state index contributed by atoms with van der Waals surface area (Å²) in [6, 6.07) is 0.627. The van der Waals surface area contributed by atoms with E-state index in [-0.39, 0.29) is 0 Å². The molecule has 0 heterocycles. The van der Waals surface area contributed by atoms with Crippen LogP contribution in [0.4, 0.5) is 0 Å². The molecule has 0 saturated carbocycles. The number of rotatable bonds is 9. The normalized spacial score (nSPS) is 17.5. The van der Waals surface area contributed by atoms with Crippen LogP contribution in [0.5, 0.6) is 0 Å². The van der Waals surface area contributed by atoms with Gasteiger partial charge in [0, 0.05) is 19.8 Å². The maximum atomic E-state index is 5.20. The van der Waals surface area contributed by atoms with Crippen molar-refractivity contribution in [1.82, 2.24) is 5.32 Å². The maximum absolute atomic E-state index is 5.20. The average Bonchev–Trinajstić information content (AvgIpc) is 2.22. The van der Waals surface area contributed by atoms with Gasteiger partial charge >= 0.3 is 0 Å². The van der Waals surface area contributed by atoms with Crippen molar-refractivity contribution in [2.24, 2.45) is 17.3 Å². The number of hydrogen-bond donors (Lipinski definition) is 1. The van der Waals surface area contributed by atoms with Crippen LogP contribution < -0.4 is 5.32 Å². The van der Waals surface area contributed by atoms with E-state index in [1.54, 1.807) is 7.11 Å². The third-order valence-electron chi connectivity index (χ3n) is 3.55. The lowest BCUT2D eigenvalue weighted by Crippen LogP contribution is -2.37. The molecule has 0 amide bonds. The second-order valence-corrected chi connectivity index (χ2v) is 7.03. The first-order valence-electron chi connectivity index (χ1n) is 7.52. The standard InChI is InChI=1S/C16H35NO/c1-8-17-15(14(3)9-10-18-7)11-13(2)12-16(4,5)6/h13-15,17H,8-12H2,1-7H3. The lowest BCUT2D eigenvalue weighted by Gasteiger charge is -2.30. The second-order valence-electron chi connectivity index (χ2n) is 7.03. The predicted octanol–water partition coefficient (Wildman–Crippen LogP) is 4.10. The van der Waals surface area contributed by atoms with Gasteiger partial charge in [0.15, 0.2) is 0 Å². The Balaban J connectivity index is 4.24. The third-order valence-corrected chi connectivity index (χ3v) is 3.55. The quantitative estimate of drug-likeness (QED) is 0.671. The molecular weight excluding hydrogens is 222 g/mol. The summed E-state index contributed by atoms with van der Waals surface area (Å²) in [6.07, 6.45) is 3.72. The summed E-state index contributed by atoms with van der Waals surface area (Å²) in [4.78, 5) is 0. The molecule has 3 atom stereocenters. The first-order chi connectivity index (χ1) is 8.30. The number of ether oxygens (including phenoxy) is 1. The van der Waals surface area contributed by atoms with E-state index in [9.17, 15) is 0 Å². The molecule has 3 unspecified atom stereocenters. The average molecular weight is 257 g/mol. The molecule has 1 N–H and O–H groups in total. The van der Waals surface area contributed by atoms with Gasteiger partial charge in [0.1, 0.15) is 0 Å². The van der Waals surface area contributed by atoms with E-state index in [0.29, 0.717) is 17.4 Å². The molecule has 0 aromatic carbocycles. The van der Waals surface area contributed by atoms with Crippen molar-refractivity contribution < 1.29 is 4.74 Å². The fourth-order valence-corrected chi connectivity index (χ4v) is 2.85. The topological polar surface area (TPSA) is 21.3 Å². The maximum Gasteiger partial charge on any atom is 0.0465 e. The van der Waals surface area contributed by atoms with E-state index in [2.05, 4.69) is 46.9 Å². The van der Waals surface area contributed by atoms with Crippen molar-refractivity contribution >= 4 is 0 Å². The van der Waals surface area contributed by atoms with Crippen LogP contribution in [0.2, 0.25) is 0 Å². The largest absolute Gasteiger partial charge is 0.385 e. The molecule has 0 aromatic heterocycles. The summed E-state index contributed by atoms with van der Waals surface area (Å²) in [5, 5.41) is 3.65. The zero-order valence-electron chi connectivity index (χ0n) is 13.7. The fourth-order valence-electron chi connectivity index (χ4n) is 2.85. The van der Waals surface area contributed by atoms with Crippen molar-refractivity contribution in [3.63, 3.8) is 0 Å². The van der Waals surface area contributed by atoms with Gasteiger partial charge in [0.05, 0.1) is 0 Å². The first-order valence-corrected chi connectivity index (χ1v) is 7.52. The highest BCUT2D eigenvalue weighted by Crippen LogP contribution is 2.28. The fraction of sp³-hybridized carbons (Fsp3) is 1.00. The van der Waals surface area contributed by atoms with Crippen LogP contribution in [0, 0.1) is 17.3 Å². The van der Waals surface area contributed by atoms with E-state index in [4.69, 9.17) is 4.74 Å². The minimum Gasteiger partial charge on any atom is -0.385 e. The lowest BCUT2D eigenvalue weighted by atomic mass is 9.81. The van der Waals surface area contributed by atoms with Crippen LogP contribution >= 0.6 is 0 Å². The van der Waals surface area contributed by atoms with Crippen LogP contribution in [0.25, 0.3) is 0 Å². The molecule has 0 radical (unpaired) electrons. The van der Waals surface area contributed by atoms with Crippen LogP contribution in [0.3, 0.4) is 0 Å². The van der Waals surface area contributed by atoms with Crippen molar-refractivity contribution in [1.29, 1.82) is 0 Å². The zero-order chi connectivity index (χ0) is 14.2. The van der Waals surface area contributed by atoms with E-state index < -0.39 is 0 Å². The SMILES string of the molecule is CCNC(CC(C)CC(C)(C)C)C(C)CCOC. The van der Waals surface area contributed by atoms with Crippen molar-refractivity contribution in [3.8, 4) is 0 Å². The van der Waals surface area contributed by atoms with Gasteiger partial charge in [-0.1, -0.05) is 41.5 Å². The second kappa shape index (κ2) is 8.92. The summed E-state index contributed by atoms with van der Waals surface area (Å²) in [7, 11) is 1.79. The molecule has 0 aliphatic rings. The summed E-state index contributed by atoms with van der Waals surface area (Å²) in [6.45, 7) is 15.9. The van der Waals surface area contributed by atoms with Gasteiger partial charge in [-0.3, -0.25) is 0 Å².